The Morgan fingerprint density at radius 1 is 1.12 bits per heavy atom. The van der Waals surface area contributed by atoms with Crippen molar-refractivity contribution in [1.82, 2.24) is 14.8 Å². The van der Waals surface area contributed by atoms with Crippen LogP contribution in [0.2, 0.25) is 0 Å². The summed E-state index contributed by atoms with van der Waals surface area (Å²) in [5, 5.41) is 8.29. The van der Waals surface area contributed by atoms with Crippen LogP contribution < -0.4 is 0 Å². The first kappa shape index (κ1) is 11.8. The molecule has 0 radical (unpaired) electrons. The van der Waals surface area contributed by atoms with Gasteiger partial charge in [0.15, 0.2) is 0 Å². The standard InChI is InChI=1S/C14H19N3/c1-11(2)9-17-10-15-16-14(17)12(3)13-7-5-4-6-8-13/h4-8,10-12H,9H2,1-3H3. The van der Waals surface area contributed by atoms with Crippen LogP contribution in [0.3, 0.4) is 0 Å². The van der Waals surface area contributed by atoms with Crippen molar-refractivity contribution in [1.29, 1.82) is 0 Å². The highest BCUT2D eigenvalue weighted by molar-refractivity contribution is 5.24. The first-order valence-electron chi connectivity index (χ1n) is 6.11. The minimum atomic E-state index is 0.289. The van der Waals surface area contributed by atoms with Crippen molar-refractivity contribution >= 4 is 0 Å². The molecular formula is C14H19N3. The molecule has 0 aliphatic heterocycles. The molecule has 0 N–H and O–H groups in total. The molecule has 0 saturated carbocycles. The second-order valence-corrected chi connectivity index (χ2v) is 4.87. The molecule has 1 aromatic carbocycles. The quantitative estimate of drug-likeness (QED) is 0.806. The third-order valence-corrected chi connectivity index (χ3v) is 2.89. The Morgan fingerprint density at radius 3 is 2.47 bits per heavy atom. The van der Waals surface area contributed by atoms with Crippen LogP contribution in [-0.4, -0.2) is 14.8 Å². The maximum atomic E-state index is 4.26. The highest BCUT2D eigenvalue weighted by Crippen LogP contribution is 2.22. The molecule has 0 aliphatic carbocycles. The molecule has 0 fully saturated rings. The zero-order valence-electron chi connectivity index (χ0n) is 10.7. The lowest BCUT2D eigenvalue weighted by molar-refractivity contribution is 0.501. The number of hydrogen-bond acceptors (Lipinski definition) is 2. The van der Waals surface area contributed by atoms with Gasteiger partial charge >= 0.3 is 0 Å². The summed E-state index contributed by atoms with van der Waals surface area (Å²) in [7, 11) is 0. The predicted octanol–water partition coefficient (Wildman–Crippen LogP) is 3.09. The van der Waals surface area contributed by atoms with E-state index in [9.17, 15) is 0 Å². The molecule has 0 saturated heterocycles. The topological polar surface area (TPSA) is 30.7 Å². The minimum Gasteiger partial charge on any atom is -0.317 e. The molecule has 0 aliphatic rings. The molecule has 3 nitrogen and oxygen atoms in total. The summed E-state index contributed by atoms with van der Waals surface area (Å²) in [5.41, 5.74) is 1.28. The smallest absolute Gasteiger partial charge is 0.140 e. The van der Waals surface area contributed by atoms with Crippen LogP contribution in [0.15, 0.2) is 36.7 Å². The van der Waals surface area contributed by atoms with Gasteiger partial charge in [0.25, 0.3) is 0 Å². The third kappa shape index (κ3) is 2.73. The largest absolute Gasteiger partial charge is 0.317 e. The molecule has 0 bridgehead atoms. The molecule has 17 heavy (non-hydrogen) atoms. The van der Waals surface area contributed by atoms with Crippen molar-refractivity contribution in [3.8, 4) is 0 Å². The number of aromatic nitrogens is 3. The minimum absolute atomic E-state index is 0.289. The van der Waals surface area contributed by atoms with E-state index in [1.807, 2.05) is 12.4 Å². The monoisotopic (exact) mass is 229 g/mol. The number of hydrogen-bond donors (Lipinski definition) is 0. The van der Waals surface area contributed by atoms with E-state index in [1.165, 1.54) is 5.56 Å². The Balaban J connectivity index is 2.25. The zero-order valence-corrected chi connectivity index (χ0v) is 10.7. The van der Waals surface area contributed by atoms with Crippen LogP contribution in [-0.2, 0) is 6.54 Å². The molecule has 2 rings (SSSR count). The van der Waals surface area contributed by atoms with Crippen molar-refractivity contribution in [3.63, 3.8) is 0 Å². The summed E-state index contributed by atoms with van der Waals surface area (Å²) in [6.45, 7) is 7.56. The van der Waals surface area contributed by atoms with Gasteiger partial charge < -0.3 is 4.57 Å². The average Bonchev–Trinajstić information content (AvgIpc) is 2.76. The Labute approximate surface area is 103 Å². The van der Waals surface area contributed by atoms with E-state index < -0.39 is 0 Å². The molecule has 1 atom stereocenters. The van der Waals surface area contributed by atoms with Gasteiger partial charge in [-0.25, -0.2) is 0 Å². The maximum Gasteiger partial charge on any atom is 0.140 e. The lowest BCUT2D eigenvalue weighted by Crippen LogP contribution is -2.11. The average molecular weight is 229 g/mol. The molecule has 2 aromatic rings. The van der Waals surface area contributed by atoms with E-state index in [0.717, 1.165) is 12.4 Å². The fourth-order valence-corrected chi connectivity index (χ4v) is 2.02. The Kier molecular flexibility index (Phi) is 3.57. The highest BCUT2D eigenvalue weighted by Gasteiger charge is 2.15. The van der Waals surface area contributed by atoms with Crippen LogP contribution in [0.5, 0.6) is 0 Å². The molecule has 90 valence electrons. The summed E-state index contributed by atoms with van der Waals surface area (Å²) in [6, 6.07) is 10.4. The van der Waals surface area contributed by atoms with E-state index in [1.54, 1.807) is 0 Å². The Bertz CT molecular complexity index is 459. The van der Waals surface area contributed by atoms with Gasteiger partial charge in [0.05, 0.1) is 0 Å². The summed E-state index contributed by atoms with van der Waals surface area (Å²) >= 11 is 0. The van der Waals surface area contributed by atoms with E-state index in [2.05, 4.69) is 59.8 Å². The summed E-state index contributed by atoms with van der Waals surface area (Å²) in [5.74, 6) is 1.94. The van der Waals surface area contributed by atoms with Crippen molar-refractivity contribution in [2.75, 3.05) is 0 Å². The predicted molar refractivity (Wildman–Crippen MR) is 68.8 cm³/mol. The first-order valence-corrected chi connectivity index (χ1v) is 6.11. The maximum absolute atomic E-state index is 4.26. The van der Waals surface area contributed by atoms with Gasteiger partial charge in [-0.2, -0.15) is 0 Å². The molecule has 1 heterocycles. The van der Waals surface area contributed by atoms with E-state index in [4.69, 9.17) is 0 Å². The molecule has 3 heteroatoms. The van der Waals surface area contributed by atoms with Gasteiger partial charge in [-0.3, -0.25) is 0 Å². The lowest BCUT2D eigenvalue weighted by Gasteiger charge is -2.14. The first-order chi connectivity index (χ1) is 8.18. The molecule has 0 amide bonds. The van der Waals surface area contributed by atoms with E-state index in [-0.39, 0.29) is 5.92 Å². The molecule has 1 unspecified atom stereocenters. The van der Waals surface area contributed by atoms with Crippen LogP contribution in [0, 0.1) is 5.92 Å². The summed E-state index contributed by atoms with van der Waals surface area (Å²) in [4.78, 5) is 0. The SMILES string of the molecule is CC(C)Cn1cnnc1C(C)c1ccccc1. The number of nitrogens with zero attached hydrogens (tertiary/aromatic N) is 3. The van der Waals surface area contributed by atoms with Crippen LogP contribution in [0.1, 0.15) is 38.1 Å². The molecule has 1 aromatic heterocycles. The van der Waals surface area contributed by atoms with Crippen LogP contribution in [0.25, 0.3) is 0 Å². The molecular weight excluding hydrogens is 210 g/mol. The van der Waals surface area contributed by atoms with E-state index >= 15 is 0 Å². The van der Waals surface area contributed by atoms with Crippen LogP contribution >= 0.6 is 0 Å². The Morgan fingerprint density at radius 2 is 1.82 bits per heavy atom. The highest BCUT2D eigenvalue weighted by atomic mass is 15.3. The van der Waals surface area contributed by atoms with Crippen molar-refractivity contribution in [2.45, 2.75) is 33.2 Å². The Hall–Kier alpha value is -1.64. The lowest BCUT2D eigenvalue weighted by atomic mass is 10.0. The van der Waals surface area contributed by atoms with Gasteiger partial charge in [-0.05, 0) is 11.5 Å². The van der Waals surface area contributed by atoms with Crippen molar-refractivity contribution < 1.29 is 0 Å². The van der Waals surface area contributed by atoms with Crippen molar-refractivity contribution in [3.05, 3.63) is 48.0 Å². The fraction of sp³-hybridized carbons (Fsp3) is 0.429. The zero-order chi connectivity index (χ0) is 12.3. The van der Waals surface area contributed by atoms with E-state index in [0.29, 0.717) is 5.92 Å². The van der Waals surface area contributed by atoms with Gasteiger partial charge in [0, 0.05) is 12.5 Å². The van der Waals surface area contributed by atoms with Gasteiger partial charge in [0.2, 0.25) is 0 Å². The van der Waals surface area contributed by atoms with Gasteiger partial charge in [-0.15, -0.1) is 10.2 Å². The third-order valence-electron chi connectivity index (χ3n) is 2.89. The molecule has 0 spiro atoms. The van der Waals surface area contributed by atoms with Gasteiger partial charge in [-0.1, -0.05) is 51.1 Å². The summed E-state index contributed by atoms with van der Waals surface area (Å²) < 4.78 is 2.16. The number of rotatable bonds is 4. The second kappa shape index (κ2) is 5.13. The summed E-state index contributed by atoms with van der Waals surface area (Å²) in [6.07, 6.45) is 1.83. The normalized spacial score (nSPS) is 12.9. The second-order valence-electron chi connectivity index (χ2n) is 4.87. The van der Waals surface area contributed by atoms with Crippen molar-refractivity contribution in [2.24, 2.45) is 5.92 Å². The van der Waals surface area contributed by atoms with Gasteiger partial charge in [0.1, 0.15) is 12.2 Å². The fourth-order valence-electron chi connectivity index (χ4n) is 2.02. The number of benzene rings is 1. The van der Waals surface area contributed by atoms with Crippen LogP contribution in [0.4, 0.5) is 0 Å².